The Labute approximate surface area is 234 Å². The summed E-state index contributed by atoms with van der Waals surface area (Å²) in [5.41, 5.74) is 2.92. The molecule has 1 aliphatic carbocycles. The number of thioether (sulfide) groups is 1. The van der Waals surface area contributed by atoms with Crippen molar-refractivity contribution in [2.24, 2.45) is 11.8 Å². The van der Waals surface area contributed by atoms with Crippen LogP contribution in [-0.2, 0) is 27.3 Å². The highest BCUT2D eigenvalue weighted by Gasteiger charge is 2.49. The van der Waals surface area contributed by atoms with E-state index in [9.17, 15) is 19.5 Å². The number of ether oxygens (including phenoxy) is 1. The Kier molecular flexibility index (Phi) is 9.23. The first-order chi connectivity index (χ1) is 18.6. The topological polar surface area (TPSA) is 108 Å². The zero-order chi connectivity index (χ0) is 28.2. The molecule has 2 aliphatic rings. The molecular formula is C30H39N3O5S. The van der Waals surface area contributed by atoms with Crippen LogP contribution in [0.5, 0.6) is 0 Å². The lowest BCUT2D eigenvalue weighted by Gasteiger charge is -2.33. The predicted octanol–water partition coefficient (Wildman–Crippen LogP) is 3.65. The normalized spacial score (nSPS) is 23.0. The molecular weight excluding hydrogens is 514 g/mol. The molecule has 210 valence electrons. The lowest BCUT2D eigenvalue weighted by molar-refractivity contribution is -0.147. The first kappa shape index (κ1) is 29.0. The van der Waals surface area contributed by atoms with Crippen molar-refractivity contribution >= 4 is 29.7 Å². The van der Waals surface area contributed by atoms with Crippen LogP contribution in [0.25, 0.3) is 0 Å². The Morgan fingerprint density at radius 2 is 1.79 bits per heavy atom. The molecule has 5 atom stereocenters. The van der Waals surface area contributed by atoms with Gasteiger partial charge in [-0.25, -0.2) is 4.79 Å². The fraction of sp³-hybridized carbons (Fsp3) is 0.500. The van der Waals surface area contributed by atoms with Gasteiger partial charge in [-0.15, -0.1) is 11.8 Å². The van der Waals surface area contributed by atoms with Crippen molar-refractivity contribution in [1.29, 1.82) is 0 Å². The number of rotatable bonds is 10. The largest absolute Gasteiger partial charge is 0.449 e. The highest BCUT2D eigenvalue weighted by atomic mass is 32.2. The minimum Gasteiger partial charge on any atom is -0.449 e. The van der Waals surface area contributed by atoms with E-state index in [0.29, 0.717) is 25.0 Å². The second-order valence-corrected chi connectivity index (χ2v) is 12.8. The fourth-order valence-corrected chi connectivity index (χ4v) is 6.10. The van der Waals surface area contributed by atoms with Crippen LogP contribution >= 0.6 is 11.8 Å². The summed E-state index contributed by atoms with van der Waals surface area (Å²) in [7, 11) is 0. The summed E-state index contributed by atoms with van der Waals surface area (Å²) in [5.74, 6) is 0.279. The highest BCUT2D eigenvalue weighted by molar-refractivity contribution is 8.00. The maximum Gasteiger partial charge on any atom is 0.407 e. The number of amides is 3. The van der Waals surface area contributed by atoms with E-state index in [0.717, 1.165) is 23.1 Å². The van der Waals surface area contributed by atoms with Crippen LogP contribution in [-0.4, -0.2) is 63.3 Å². The van der Waals surface area contributed by atoms with Gasteiger partial charge in [0.05, 0.1) is 18.5 Å². The van der Waals surface area contributed by atoms with Crippen molar-refractivity contribution in [3.63, 3.8) is 0 Å². The van der Waals surface area contributed by atoms with Crippen molar-refractivity contribution < 1.29 is 24.2 Å². The molecule has 1 saturated carbocycles. The molecule has 9 heteroatoms. The molecule has 2 fully saturated rings. The van der Waals surface area contributed by atoms with Gasteiger partial charge in [0.15, 0.2) is 6.10 Å². The highest BCUT2D eigenvalue weighted by Crippen LogP contribution is 2.40. The Hall–Kier alpha value is -3.04. The molecule has 2 aromatic carbocycles. The third kappa shape index (κ3) is 7.33. The van der Waals surface area contributed by atoms with Gasteiger partial charge in [0.2, 0.25) is 5.91 Å². The second kappa shape index (κ2) is 12.4. The number of benzene rings is 2. The molecule has 3 N–H and O–H groups in total. The number of aliphatic hydroxyl groups excluding tert-OH is 1. The summed E-state index contributed by atoms with van der Waals surface area (Å²) in [4.78, 5) is 41.2. The summed E-state index contributed by atoms with van der Waals surface area (Å²) in [6.07, 6.45) is -0.960. The molecule has 1 heterocycles. The Bertz CT molecular complexity index is 1170. The number of nitrogens with one attached hydrogen (secondary N) is 2. The van der Waals surface area contributed by atoms with Crippen LogP contribution in [0, 0.1) is 18.8 Å². The van der Waals surface area contributed by atoms with Crippen molar-refractivity contribution in [3.8, 4) is 0 Å². The Balaban J connectivity index is 1.47. The average molecular weight is 554 g/mol. The minimum absolute atomic E-state index is 0.233. The van der Waals surface area contributed by atoms with Gasteiger partial charge in [-0.3, -0.25) is 9.59 Å². The van der Waals surface area contributed by atoms with E-state index in [1.165, 1.54) is 16.7 Å². The van der Waals surface area contributed by atoms with Gasteiger partial charge in [0, 0.05) is 11.3 Å². The van der Waals surface area contributed by atoms with Gasteiger partial charge in [0.1, 0.15) is 6.04 Å². The summed E-state index contributed by atoms with van der Waals surface area (Å²) in [6, 6.07) is 15.5. The van der Waals surface area contributed by atoms with E-state index in [-0.39, 0.29) is 18.2 Å². The van der Waals surface area contributed by atoms with Gasteiger partial charge in [0.25, 0.3) is 5.91 Å². The zero-order valence-corrected chi connectivity index (χ0v) is 23.9. The van der Waals surface area contributed by atoms with Crippen LogP contribution in [0.3, 0.4) is 0 Å². The lowest BCUT2D eigenvalue weighted by Crippen LogP contribution is -2.58. The summed E-state index contributed by atoms with van der Waals surface area (Å²) < 4.78 is 4.82. The van der Waals surface area contributed by atoms with Crippen LogP contribution in [0.1, 0.15) is 43.9 Å². The molecule has 0 radical (unpaired) electrons. The van der Waals surface area contributed by atoms with Crippen LogP contribution in [0.2, 0.25) is 0 Å². The van der Waals surface area contributed by atoms with Crippen LogP contribution in [0.4, 0.5) is 4.79 Å². The van der Waals surface area contributed by atoms with E-state index in [1.54, 1.807) is 0 Å². The minimum atomic E-state index is -1.56. The predicted molar refractivity (Wildman–Crippen MR) is 152 cm³/mol. The summed E-state index contributed by atoms with van der Waals surface area (Å²) in [6.45, 7) is 8.59. The summed E-state index contributed by atoms with van der Waals surface area (Å²) in [5, 5.41) is 17.0. The number of carbonyl (C=O) groups excluding carboxylic acids is 3. The molecule has 0 aromatic heterocycles. The second-order valence-electron chi connectivity index (χ2n) is 11.2. The number of aryl methyl sites for hydroxylation is 1. The number of nitrogens with zero attached hydrogens (tertiary/aromatic N) is 1. The summed E-state index contributed by atoms with van der Waals surface area (Å²) >= 11 is 1.48. The lowest BCUT2D eigenvalue weighted by atomic mass is 9.97. The van der Waals surface area contributed by atoms with E-state index in [4.69, 9.17) is 4.74 Å². The maximum absolute atomic E-state index is 13.7. The standard InChI is InChI=1S/C30H39N3O5S/c1-19-10-8-9-13-22(19)16-31-27(35)26-30(3,4)39-18-33(26)28(36)25(34)24(15-21-11-6-5-7-12-21)32-29(37)38-17-23-14-20(23)2/h5-13,20,23-26,34H,14-18H2,1-4H3,(H,31,35)(H,32,37). The number of aliphatic hydroxyl groups is 1. The van der Waals surface area contributed by atoms with Crippen LogP contribution < -0.4 is 10.6 Å². The van der Waals surface area contributed by atoms with Crippen molar-refractivity contribution in [3.05, 3.63) is 71.3 Å². The molecule has 39 heavy (non-hydrogen) atoms. The number of hydrogen-bond donors (Lipinski definition) is 3. The third-order valence-corrected chi connectivity index (χ3v) is 9.11. The van der Waals surface area contributed by atoms with Crippen molar-refractivity contribution in [2.75, 3.05) is 12.5 Å². The molecule has 3 amide bonds. The van der Waals surface area contributed by atoms with Gasteiger partial charge in [-0.2, -0.15) is 0 Å². The van der Waals surface area contributed by atoms with Gasteiger partial charge >= 0.3 is 6.09 Å². The SMILES string of the molecule is Cc1ccccc1CNC(=O)C1N(C(=O)C(O)C(Cc2ccccc2)NC(=O)OCC2CC2C)CSC1(C)C. The zero-order valence-electron chi connectivity index (χ0n) is 23.1. The van der Waals surface area contributed by atoms with Gasteiger partial charge in [-0.1, -0.05) is 61.5 Å². The molecule has 5 unspecified atom stereocenters. The smallest absolute Gasteiger partial charge is 0.407 e. The monoisotopic (exact) mass is 553 g/mol. The van der Waals surface area contributed by atoms with Crippen LogP contribution in [0.15, 0.2) is 54.6 Å². The van der Waals surface area contributed by atoms with Gasteiger partial charge in [-0.05, 0) is 62.1 Å². The molecule has 2 aromatic rings. The van der Waals surface area contributed by atoms with E-state index >= 15 is 0 Å². The van der Waals surface area contributed by atoms with E-state index < -0.39 is 34.9 Å². The van der Waals surface area contributed by atoms with Crippen molar-refractivity contribution in [1.82, 2.24) is 15.5 Å². The number of hydrogen-bond acceptors (Lipinski definition) is 6. The van der Waals surface area contributed by atoms with E-state index in [1.807, 2.05) is 75.4 Å². The fourth-order valence-electron chi connectivity index (χ4n) is 4.96. The molecule has 4 rings (SSSR count). The molecule has 1 saturated heterocycles. The number of alkyl carbamates (subject to hydrolysis) is 1. The molecule has 8 nitrogen and oxygen atoms in total. The Morgan fingerprint density at radius 1 is 1.13 bits per heavy atom. The first-order valence-electron chi connectivity index (χ1n) is 13.5. The number of carbonyl (C=O) groups is 3. The molecule has 0 bridgehead atoms. The third-order valence-electron chi connectivity index (χ3n) is 7.73. The Morgan fingerprint density at radius 3 is 2.46 bits per heavy atom. The molecule has 0 spiro atoms. The van der Waals surface area contributed by atoms with Gasteiger partial charge < -0.3 is 25.4 Å². The molecule has 1 aliphatic heterocycles. The first-order valence-corrected chi connectivity index (χ1v) is 14.5. The quantitative estimate of drug-likeness (QED) is 0.415. The van der Waals surface area contributed by atoms with Crippen molar-refractivity contribution in [2.45, 2.75) is 70.0 Å². The van der Waals surface area contributed by atoms with E-state index in [2.05, 4.69) is 17.6 Å². The average Bonchev–Trinajstić information content (AvgIpc) is 3.53. The maximum atomic E-state index is 13.7.